The van der Waals surface area contributed by atoms with E-state index in [1.165, 1.54) is 17.7 Å². The summed E-state index contributed by atoms with van der Waals surface area (Å²) in [5, 5.41) is 7.90. The first-order chi connectivity index (χ1) is 12.7. The fourth-order valence-corrected chi connectivity index (χ4v) is 4.13. The summed E-state index contributed by atoms with van der Waals surface area (Å²) in [6.45, 7) is 3.30. The van der Waals surface area contributed by atoms with Crippen molar-refractivity contribution in [3.8, 4) is 0 Å². The largest absolute Gasteiger partial charge is 0.381 e. The summed E-state index contributed by atoms with van der Waals surface area (Å²) >= 11 is 1.91. The number of aromatic nitrogens is 1. The van der Waals surface area contributed by atoms with Gasteiger partial charge in [-0.3, -0.25) is 4.99 Å². The molecule has 0 unspecified atom stereocenters. The highest BCUT2D eigenvalue weighted by molar-refractivity contribution is 14.0. The van der Waals surface area contributed by atoms with Crippen molar-refractivity contribution >= 4 is 52.6 Å². The van der Waals surface area contributed by atoms with Crippen LogP contribution in [0.2, 0.25) is 0 Å². The van der Waals surface area contributed by atoms with Gasteiger partial charge in [-0.25, -0.2) is 4.39 Å². The first-order valence-corrected chi connectivity index (χ1v) is 10.2. The van der Waals surface area contributed by atoms with Gasteiger partial charge in [0.05, 0.1) is 0 Å². The van der Waals surface area contributed by atoms with Gasteiger partial charge < -0.3 is 20.4 Å². The molecule has 3 rings (SSSR count). The number of thioether (sulfide) groups is 1. The van der Waals surface area contributed by atoms with Crippen LogP contribution in [0.15, 0.2) is 29.4 Å². The Morgan fingerprint density at radius 3 is 2.81 bits per heavy atom. The lowest BCUT2D eigenvalue weighted by molar-refractivity contribution is 0.0783. The highest BCUT2D eigenvalue weighted by Crippen LogP contribution is 2.32. The lowest BCUT2D eigenvalue weighted by Crippen LogP contribution is -2.48. The number of aromatic amines is 1. The Morgan fingerprint density at radius 1 is 1.33 bits per heavy atom. The van der Waals surface area contributed by atoms with Gasteiger partial charge in [-0.1, -0.05) is 0 Å². The second kappa shape index (κ2) is 10.5. The van der Waals surface area contributed by atoms with E-state index in [1.807, 2.05) is 24.0 Å². The Kier molecular flexibility index (Phi) is 8.68. The van der Waals surface area contributed by atoms with Gasteiger partial charge in [0.1, 0.15) is 5.82 Å². The summed E-state index contributed by atoms with van der Waals surface area (Å²) in [5.41, 5.74) is 2.01. The highest BCUT2D eigenvalue weighted by Gasteiger charge is 2.31. The minimum atomic E-state index is -0.218. The van der Waals surface area contributed by atoms with E-state index in [2.05, 4.69) is 26.9 Å². The lowest BCUT2D eigenvalue weighted by Gasteiger charge is -2.36. The van der Waals surface area contributed by atoms with Crippen molar-refractivity contribution < 1.29 is 9.13 Å². The molecule has 0 aliphatic carbocycles. The maximum Gasteiger partial charge on any atom is 0.191 e. The molecule has 0 bridgehead atoms. The first-order valence-electron chi connectivity index (χ1n) is 8.99. The summed E-state index contributed by atoms with van der Waals surface area (Å²) in [6.07, 6.45) is 7.08. The fourth-order valence-electron chi connectivity index (χ4n) is 3.34. The number of nitrogens with one attached hydrogen (secondary N) is 3. The Labute approximate surface area is 181 Å². The normalized spacial score (nSPS) is 16.8. The minimum absolute atomic E-state index is 0. The summed E-state index contributed by atoms with van der Waals surface area (Å²) in [7, 11) is 1.79. The molecule has 27 heavy (non-hydrogen) atoms. The minimum Gasteiger partial charge on any atom is -0.381 e. The van der Waals surface area contributed by atoms with E-state index < -0.39 is 0 Å². The van der Waals surface area contributed by atoms with Gasteiger partial charge in [0.25, 0.3) is 0 Å². The van der Waals surface area contributed by atoms with Gasteiger partial charge in [0, 0.05) is 55.2 Å². The van der Waals surface area contributed by atoms with Crippen molar-refractivity contribution in [2.75, 3.05) is 39.6 Å². The van der Waals surface area contributed by atoms with Crippen molar-refractivity contribution in [1.82, 2.24) is 15.6 Å². The van der Waals surface area contributed by atoms with Crippen LogP contribution >= 0.6 is 35.7 Å². The zero-order valence-corrected chi connectivity index (χ0v) is 19.0. The van der Waals surface area contributed by atoms with Crippen molar-refractivity contribution in [3.05, 3.63) is 35.8 Å². The smallest absolute Gasteiger partial charge is 0.191 e. The number of nitrogens with zero attached hydrogens (tertiary/aromatic N) is 1. The number of guanidine groups is 1. The van der Waals surface area contributed by atoms with E-state index in [0.29, 0.717) is 0 Å². The van der Waals surface area contributed by atoms with Crippen LogP contribution in [-0.2, 0) is 11.2 Å². The van der Waals surface area contributed by atoms with Gasteiger partial charge in [0.2, 0.25) is 0 Å². The van der Waals surface area contributed by atoms with Crippen LogP contribution in [0.4, 0.5) is 4.39 Å². The highest BCUT2D eigenvalue weighted by atomic mass is 127. The Balaban J connectivity index is 0.00000261. The SMILES string of the molecule is CN=C(NCCc1c[nH]c2cc(F)ccc12)NCC1(SC)CCOCC1.I. The topological polar surface area (TPSA) is 61.4 Å². The van der Waals surface area contributed by atoms with Gasteiger partial charge in [-0.2, -0.15) is 11.8 Å². The number of ether oxygens (including phenoxy) is 1. The van der Waals surface area contributed by atoms with Gasteiger partial charge in [-0.05, 0) is 49.3 Å². The molecule has 2 aromatic rings. The molecule has 0 spiro atoms. The maximum absolute atomic E-state index is 13.3. The predicted octanol–water partition coefficient (Wildman–Crippen LogP) is 3.54. The van der Waals surface area contributed by atoms with Crippen LogP contribution < -0.4 is 10.6 Å². The number of benzene rings is 1. The molecule has 3 N–H and O–H groups in total. The molecule has 8 heteroatoms. The third kappa shape index (κ3) is 5.74. The van der Waals surface area contributed by atoms with Crippen LogP contribution in [0, 0.1) is 5.82 Å². The van der Waals surface area contributed by atoms with Gasteiger partial charge >= 0.3 is 0 Å². The molecule has 1 aromatic carbocycles. The molecule has 1 aliphatic rings. The van der Waals surface area contributed by atoms with Crippen LogP contribution in [-0.4, -0.2) is 55.3 Å². The average Bonchev–Trinajstić information content (AvgIpc) is 3.07. The number of hydrogen-bond donors (Lipinski definition) is 3. The average molecular weight is 506 g/mol. The van der Waals surface area contributed by atoms with E-state index >= 15 is 0 Å². The number of fused-ring (bicyclic) bond motifs is 1. The second-order valence-electron chi connectivity index (χ2n) is 6.61. The first kappa shape index (κ1) is 22.3. The standard InChI is InChI=1S/C19H27FN4OS.HI/c1-21-18(24-13-19(26-2)6-9-25-10-7-19)22-8-5-14-12-23-17-11-15(20)3-4-16(14)17;/h3-4,11-12,23H,5-10,13H2,1-2H3,(H2,21,22,24);1H. The number of rotatable bonds is 6. The van der Waals surface area contributed by atoms with Crippen molar-refractivity contribution in [2.45, 2.75) is 24.0 Å². The number of aliphatic imine (C=N–C) groups is 1. The molecule has 150 valence electrons. The third-order valence-electron chi connectivity index (χ3n) is 5.05. The molecule has 1 aliphatic heterocycles. The molecule has 1 saturated heterocycles. The molecule has 2 heterocycles. The Bertz CT molecular complexity index is 761. The summed E-state index contributed by atoms with van der Waals surface area (Å²) in [5.74, 6) is 0.597. The van der Waals surface area contributed by atoms with Crippen LogP contribution in [0.25, 0.3) is 10.9 Å². The van der Waals surface area contributed by atoms with Crippen molar-refractivity contribution in [3.63, 3.8) is 0 Å². The van der Waals surface area contributed by atoms with Gasteiger partial charge in [-0.15, -0.1) is 24.0 Å². The molecular weight excluding hydrogens is 478 g/mol. The molecule has 1 aromatic heterocycles. The van der Waals surface area contributed by atoms with Crippen LogP contribution in [0.3, 0.4) is 0 Å². The molecule has 5 nitrogen and oxygen atoms in total. The molecular formula is C19H28FIN4OS. The Morgan fingerprint density at radius 2 is 2.11 bits per heavy atom. The van der Waals surface area contributed by atoms with E-state index in [-0.39, 0.29) is 34.5 Å². The molecule has 0 atom stereocenters. The molecule has 1 fully saturated rings. The lowest BCUT2D eigenvalue weighted by atomic mass is 9.99. The van der Waals surface area contributed by atoms with Crippen molar-refractivity contribution in [2.24, 2.45) is 4.99 Å². The molecule has 0 amide bonds. The van der Waals surface area contributed by atoms with E-state index in [1.54, 1.807) is 7.05 Å². The Hall–Kier alpha value is -1.00. The molecule has 0 saturated carbocycles. The number of H-pyrrole nitrogens is 1. The quantitative estimate of drug-likeness (QED) is 0.319. The monoisotopic (exact) mass is 506 g/mol. The maximum atomic E-state index is 13.3. The zero-order valence-electron chi connectivity index (χ0n) is 15.8. The number of halogens is 2. The van der Waals surface area contributed by atoms with Gasteiger partial charge in [0.15, 0.2) is 5.96 Å². The summed E-state index contributed by atoms with van der Waals surface area (Å²) in [4.78, 5) is 7.46. The van der Waals surface area contributed by atoms with E-state index in [4.69, 9.17) is 4.74 Å². The van der Waals surface area contributed by atoms with E-state index in [0.717, 1.165) is 62.4 Å². The summed E-state index contributed by atoms with van der Waals surface area (Å²) < 4.78 is 19.0. The number of hydrogen-bond acceptors (Lipinski definition) is 3. The summed E-state index contributed by atoms with van der Waals surface area (Å²) in [6, 6.07) is 4.86. The third-order valence-corrected chi connectivity index (χ3v) is 6.47. The zero-order chi connectivity index (χ0) is 18.4. The second-order valence-corrected chi connectivity index (χ2v) is 7.88. The fraction of sp³-hybridized carbons (Fsp3) is 0.526. The van der Waals surface area contributed by atoms with Crippen molar-refractivity contribution in [1.29, 1.82) is 0 Å². The van der Waals surface area contributed by atoms with Crippen LogP contribution in [0.1, 0.15) is 18.4 Å². The van der Waals surface area contributed by atoms with Crippen LogP contribution in [0.5, 0.6) is 0 Å². The van der Waals surface area contributed by atoms with E-state index in [9.17, 15) is 4.39 Å². The predicted molar refractivity (Wildman–Crippen MR) is 123 cm³/mol. The molecule has 0 radical (unpaired) electrons.